The Morgan fingerprint density at radius 2 is 2.11 bits per heavy atom. The highest BCUT2D eigenvalue weighted by Gasteiger charge is 2.17. The number of aryl methyl sites for hydroxylation is 1. The quantitative estimate of drug-likeness (QED) is 0.594. The Morgan fingerprint density at radius 3 is 2.78 bits per heavy atom. The van der Waals surface area contributed by atoms with E-state index in [0.717, 1.165) is 11.1 Å². The van der Waals surface area contributed by atoms with Gasteiger partial charge in [0, 0.05) is 36.8 Å². The fourth-order valence-electron chi connectivity index (χ4n) is 2.95. The fourth-order valence-corrected chi connectivity index (χ4v) is 2.95. The Balaban J connectivity index is 2.06. The average molecular weight is 362 g/mol. The van der Waals surface area contributed by atoms with Crippen molar-refractivity contribution >= 4 is 10.9 Å². The van der Waals surface area contributed by atoms with Crippen LogP contribution in [0.25, 0.3) is 33.4 Å². The van der Waals surface area contributed by atoms with Crippen LogP contribution in [-0.2, 0) is 7.05 Å². The van der Waals surface area contributed by atoms with Gasteiger partial charge in [-0.2, -0.15) is 5.10 Å². The number of hydrogen-bond acceptors (Lipinski definition) is 6. The van der Waals surface area contributed by atoms with Crippen LogP contribution in [0.2, 0.25) is 0 Å². The summed E-state index contributed by atoms with van der Waals surface area (Å²) < 4.78 is 3.11. The second-order valence-corrected chi connectivity index (χ2v) is 6.39. The molecule has 136 valence electrons. The van der Waals surface area contributed by atoms with Gasteiger partial charge in [0.25, 0.3) is 5.56 Å². The van der Waals surface area contributed by atoms with E-state index >= 15 is 0 Å². The third-order valence-corrected chi connectivity index (χ3v) is 4.44. The number of nitrogens with zero attached hydrogens (tertiary/aromatic N) is 6. The Labute approximate surface area is 154 Å². The molecule has 0 radical (unpaired) electrons. The number of hydrogen-bond donors (Lipinski definition) is 1. The SMILES string of the molecule is C[C@@H](CO)n1cnc2c(-c3cnn(C)c3)nc(-c3cccnc3)cc2c1=O. The van der Waals surface area contributed by atoms with Crippen molar-refractivity contribution in [3.8, 4) is 22.5 Å². The lowest BCUT2D eigenvalue weighted by Gasteiger charge is -2.14. The number of aliphatic hydroxyl groups excluding tert-OH is 1. The van der Waals surface area contributed by atoms with Crippen LogP contribution in [0.3, 0.4) is 0 Å². The van der Waals surface area contributed by atoms with Crippen LogP contribution in [-0.4, -0.2) is 41.0 Å². The minimum absolute atomic E-state index is 0.150. The molecule has 0 bridgehead atoms. The topological polar surface area (TPSA) is 98.7 Å². The molecule has 0 aliphatic carbocycles. The first-order valence-corrected chi connectivity index (χ1v) is 8.50. The molecule has 0 saturated heterocycles. The summed E-state index contributed by atoms with van der Waals surface area (Å²) in [6.07, 6.45) is 8.37. The summed E-state index contributed by atoms with van der Waals surface area (Å²) in [7, 11) is 1.82. The van der Waals surface area contributed by atoms with Crippen molar-refractivity contribution < 1.29 is 5.11 Å². The van der Waals surface area contributed by atoms with Crippen LogP contribution in [0.5, 0.6) is 0 Å². The van der Waals surface area contributed by atoms with E-state index in [1.807, 2.05) is 25.4 Å². The summed E-state index contributed by atoms with van der Waals surface area (Å²) in [4.78, 5) is 26.4. The van der Waals surface area contributed by atoms with Gasteiger partial charge in [-0.3, -0.25) is 19.0 Å². The van der Waals surface area contributed by atoms with Crippen molar-refractivity contribution in [2.45, 2.75) is 13.0 Å². The molecular formula is C19H18N6O2. The molecule has 8 nitrogen and oxygen atoms in total. The first-order valence-electron chi connectivity index (χ1n) is 8.50. The van der Waals surface area contributed by atoms with Gasteiger partial charge in [-0.1, -0.05) is 0 Å². The summed E-state index contributed by atoms with van der Waals surface area (Å²) in [6.45, 7) is 1.61. The van der Waals surface area contributed by atoms with Crippen molar-refractivity contribution in [3.05, 3.63) is 59.7 Å². The number of rotatable bonds is 4. The van der Waals surface area contributed by atoms with Crippen LogP contribution in [0, 0.1) is 0 Å². The van der Waals surface area contributed by atoms with Crippen molar-refractivity contribution in [1.82, 2.24) is 29.3 Å². The molecule has 0 saturated carbocycles. The van der Waals surface area contributed by atoms with Crippen LogP contribution in [0.1, 0.15) is 13.0 Å². The smallest absolute Gasteiger partial charge is 0.261 e. The van der Waals surface area contributed by atoms with Crippen molar-refractivity contribution in [2.75, 3.05) is 6.61 Å². The number of fused-ring (bicyclic) bond motifs is 1. The van der Waals surface area contributed by atoms with Crippen LogP contribution in [0.4, 0.5) is 0 Å². The van der Waals surface area contributed by atoms with E-state index in [0.29, 0.717) is 22.3 Å². The van der Waals surface area contributed by atoms with E-state index in [2.05, 4.69) is 15.1 Å². The number of pyridine rings is 2. The molecule has 0 spiro atoms. The van der Waals surface area contributed by atoms with Gasteiger partial charge in [0.05, 0.1) is 36.3 Å². The van der Waals surface area contributed by atoms with E-state index in [1.54, 1.807) is 36.3 Å². The zero-order chi connectivity index (χ0) is 19.0. The Hall–Kier alpha value is -3.39. The molecule has 4 aromatic heterocycles. The van der Waals surface area contributed by atoms with E-state index in [4.69, 9.17) is 4.98 Å². The number of aliphatic hydroxyl groups is 1. The lowest BCUT2D eigenvalue weighted by molar-refractivity contribution is 0.236. The monoisotopic (exact) mass is 362 g/mol. The standard InChI is InChI=1S/C19H18N6O2/c1-12(10-26)25-11-21-18-15(19(25)27)6-16(13-4-3-5-20-7-13)23-17(18)14-8-22-24(2)9-14/h3-9,11-12,26H,10H2,1-2H3/t12-/m0/s1. The molecule has 4 aromatic rings. The molecule has 4 heterocycles. The molecule has 0 aliphatic heterocycles. The lowest BCUT2D eigenvalue weighted by Crippen LogP contribution is -2.25. The molecule has 8 heteroatoms. The molecular weight excluding hydrogens is 344 g/mol. The van der Waals surface area contributed by atoms with E-state index in [1.165, 1.54) is 10.9 Å². The average Bonchev–Trinajstić information content (AvgIpc) is 3.14. The molecule has 0 aromatic carbocycles. The number of aromatic nitrogens is 6. The second kappa shape index (κ2) is 6.73. The van der Waals surface area contributed by atoms with E-state index in [9.17, 15) is 9.90 Å². The fraction of sp³-hybridized carbons (Fsp3) is 0.211. The third-order valence-electron chi connectivity index (χ3n) is 4.44. The van der Waals surface area contributed by atoms with Crippen molar-refractivity contribution in [2.24, 2.45) is 7.05 Å². The third kappa shape index (κ3) is 3.00. The van der Waals surface area contributed by atoms with Crippen molar-refractivity contribution in [3.63, 3.8) is 0 Å². The van der Waals surface area contributed by atoms with Gasteiger partial charge in [-0.05, 0) is 25.1 Å². The molecule has 1 atom stereocenters. The molecule has 0 fully saturated rings. The van der Waals surface area contributed by atoms with Crippen LogP contribution >= 0.6 is 0 Å². The molecule has 4 rings (SSSR count). The summed E-state index contributed by atoms with van der Waals surface area (Å²) >= 11 is 0. The maximum atomic E-state index is 13.0. The Bertz CT molecular complexity index is 1170. The van der Waals surface area contributed by atoms with Crippen molar-refractivity contribution in [1.29, 1.82) is 0 Å². The molecule has 1 N–H and O–H groups in total. The predicted octanol–water partition coefficient (Wildman–Crippen LogP) is 1.81. The largest absolute Gasteiger partial charge is 0.394 e. The lowest BCUT2D eigenvalue weighted by atomic mass is 10.1. The zero-order valence-electron chi connectivity index (χ0n) is 14.9. The summed E-state index contributed by atoms with van der Waals surface area (Å²) in [5, 5.41) is 14.1. The molecule has 0 aliphatic rings. The van der Waals surface area contributed by atoms with Gasteiger partial charge in [0.15, 0.2) is 0 Å². The second-order valence-electron chi connectivity index (χ2n) is 6.39. The van der Waals surface area contributed by atoms with Crippen LogP contribution in [0.15, 0.2) is 54.1 Å². The highest BCUT2D eigenvalue weighted by atomic mass is 16.3. The highest BCUT2D eigenvalue weighted by Crippen LogP contribution is 2.28. The van der Waals surface area contributed by atoms with Gasteiger partial charge in [-0.25, -0.2) is 9.97 Å². The molecule has 27 heavy (non-hydrogen) atoms. The maximum absolute atomic E-state index is 13.0. The first-order chi connectivity index (χ1) is 13.1. The highest BCUT2D eigenvalue weighted by molar-refractivity contribution is 5.93. The van der Waals surface area contributed by atoms with Gasteiger partial charge in [-0.15, -0.1) is 0 Å². The minimum atomic E-state index is -0.369. The molecule has 0 amide bonds. The normalized spacial score (nSPS) is 12.4. The molecule has 0 unspecified atom stereocenters. The van der Waals surface area contributed by atoms with Gasteiger partial charge in [0.2, 0.25) is 0 Å². The maximum Gasteiger partial charge on any atom is 0.261 e. The van der Waals surface area contributed by atoms with E-state index in [-0.39, 0.29) is 18.2 Å². The summed E-state index contributed by atoms with van der Waals surface area (Å²) in [5.41, 5.74) is 3.06. The first kappa shape index (κ1) is 17.0. The van der Waals surface area contributed by atoms with Gasteiger partial charge in [0.1, 0.15) is 11.2 Å². The Morgan fingerprint density at radius 1 is 1.26 bits per heavy atom. The summed E-state index contributed by atoms with van der Waals surface area (Å²) in [6, 6.07) is 5.06. The summed E-state index contributed by atoms with van der Waals surface area (Å²) in [5.74, 6) is 0. The van der Waals surface area contributed by atoms with E-state index < -0.39 is 0 Å². The van der Waals surface area contributed by atoms with Crippen LogP contribution < -0.4 is 5.56 Å². The minimum Gasteiger partial charge on any atom is -0.394 e. The van der Waals surface area contributed by atoms with Gasteiger partial charge < -0.3 is 5.11 Å². The zero-order valence-corrected chi connectivity index (χ0v) is 14.9. The predicted molar refractivity (Wildman–Crippen MR) is 101 cm³/mol. The van der Waals surface area contributed by atoms with Gasteiger partial charge >= 0.3 is 0 Å². The Kier molecular flexibility index (Phi) is 4.25.